The van der Waals surface area contributed by atoms with Crippen LogP contribution in [0.1, 0.15) is 43.4 Å². The number of carboxylic acid groups (broad SMARTS) is 1. The average molecular weight is 236 g/mol. The predicted octanol–water partition coefficient (Wildman–Crippen LogP) is 3.19. The maximum absolute atomic E-state index is 10.6. The number of methoxy groups -OCH3 is 1. The summed E-state index contributed by atoms with van der Waals surface area (Å²) in [5, 5.41) is 8.68. The molecule has 0 fully saturated rings. The number of unbranched alkanes of at least 4 members (excludes halogenated alkanes) is 1. The molecule has 0 bridgehead atoms. The Morgan fingerprint density at radius 1 is 1.35 bits per heavy atom. The molecular weight excluding hydrogens is 216 g/mol. The molecule has 1 unspecified atom stereocenters. The van der Waals surface area contributed by atoms with Gasteiger partial charge < -0.3 is 9.84 Å². The number of benzene rings is 1. The highest BCUT2D eigenvalue weighted by molar-refractivity contribution is 5.70. The van der Waals surface area contributed by atoms with Crippen molar-refractivity contribution in [2.45, 2.75) is 38.7 Å². The van der Waals surface area contributed by atoms with Crippen molar-refractivity contribution >= 4 is 5.97 Å². The van der Waals surface area contributed by atoms with Crippen LogP contribution in [0.2, 0.25) is 0 Å². The Morgan fingerprint density at radius 2 is 2.00 bits per heavy atom. The molecule has 1 atom stereocenters. The molecule has 0 aliphatic heterocycles. The number of rotatable bonds is 7. The molecule has 0 saturated heterocycles. The molecule has 0 spiro atoms. The van der Waals surface area contributed by atoms with Gasteiger partial charge in [-0.2, -0.15) is 0 Å². The highest BCUT2D eigenvalue weighted by Crippen LogP contribution is 2.23. The zero-order valence-electron chi connectivity index (χ0n) is 10.5. The molecular formula is C14H20O3. The van der Waals surface area contributed by atoms with E-state index >= 15 is 0 Å². The summed E-state index contributed by atoms with van der Waals surface area (Å²) in [6.07, 6.45) is 3.48. The molecule has 0 amide bonds. The largest absolute Gasteiger partial charge is 0.481 e. The Hall–Kier alpha value is -1.35. The zero-order chi connectivity index (χ0) is 12.7. The fourth-order valence-corrected chi connectivity index (χ4v) is 1.83. The molecule has 0 aliphatic carbocycles. The van der Waals surface area contributed by atoms with E-state index in [2.05, 4.69) is 6.92 Å². The van der Waals surface area contributed by atoms with Gasteiger partial charge in [0.2, 0.25) is 0 Å². The van der Waals surface area contributed by atoms with Gasteiger partial charge in [-0.25, -0.2) is 0 Å². The van der Waals surface area contributed by atoms with Gasteiger partial charge in [0.15, 0.2) is 0 Å². The summed E-state index contributed by atoms with van der Waals surface area (Å²) in [5.74, 6) is -0.799. The smallest absolute Gasteiger partial charge is 0.307 e. The van der Waals surface area contributed by atoms with Crippen molar-refractivity contribution in [3.63, 3.8) is 0 Å². The lowest BCUT2D eigenvalue weighted by Gasteiger charge is -2.15. The normalized spacial score (nSPS) is 12.4. The highest BCUT2D eigenvalue weighted by atomic mass is 16.5. The van der Waals surface area contributed by atoms with Crippen molar-refractivity contribution in [3.8, 4) is 0 Å². The molecule has 1 rings (SSSR count). The molecule has 0 aromatic heterocycles. The van der Waals surface area contributed by atoms with Crippen molar-refractivity contribution in [3.05, 3.63) is 35.4 Å². The van der Waals surface area contributed by atoms with Gasteiger partial charge in [0.25, 0.3) is 0 Å². The molecule has 1 N–H and O–H groups in total. The summed E-state index contributed by atoms with van der Waals surface area (Å²) in [5.41, 5.74) is 1.95. The van der Waals surface area contributed by atoms with Crippen LogP contribution in [0.3, 0.4) is 0 Å². The topological polar surface area (TPSA) is 46.5 Å². The second-order valence-corrected chi connectivity index (χ2v) is 4.18. The number of carboxylic acids is 1. The van der Waals surface area contributed by atoms with Gasteiger partial charge in [0.1, 0.15) is 0 Å². The second kappa shape index (κ2) is 7.07. The SMILES string of the molecule is CCCCC(OC)c1ccc(CC(=O)O)cc1. The highest BCUT2D eigenvalue weighted by Gasteiger charge is 2.10. The van der Waals surface area contributed by atoms with Crippen LogP contribution in [0.4, 0.5) is 0 Å². The summed E-state index contributed by atoms with van der Waals surface area (Å²) < 4.78 is 5.44. The quantitative estimate of drug-likeness (QED) is 0.790. The molecule has 3 nitrogen and oxygen atoms in total. The van der Waals surface area contributed by atoms with Crippen molar-refractivity contribution in [1.29, 1.82) is 0 Å². The van der Waals surface area contributed by atoms with Crippen LogP contribution >= 0.6 is 0 Å². The minimum atomic E-state index is -0.799. The minimum absolute atomic E-state index is 0.0763. The third-order valence-electron chi connectivity index (χ3n) is 2.81. The van der Waals surface area contributed by atoms with Gasteiger partial charge in [-0.15, -0.1) is 0 Å². The van der Waals surface area contributed by atoms with Crippen molar-refractivity contribution in [2.24, 2.45) is 0 Å². The number of carbonyl (C=O) groups is 1. The number of hydrogen-bond donors (Lipinski definition) is 1. The monoisotopic (exact) mass is 236 g/mol. The number of aliphatic carboxylic acids is 1. The van der Waals surface area contributed by atoms with Gasteiger partial charge in [0.05, 0.1) is 12.5 Å². The van der Waals surface area contributed by atoms with Crippen molar-refractivity contribution in [2.75, 3.05) is 7.11 Å². The van der Waals surface area contributed by atoms with E-state index in [1.807, 2.05) is 24.3 Å². The Bertz CT molecular complexity index is 343. The zero-order valence-corrected chi connectivity index (χ0v) is 10.5. The van der Waals surface area contributed by atoms with Crippen LogP contribution < -0.4 is 0 Å². The van der Waals surface area contributed by atoms with E-state index in [0.29, 0.717) is 0 Å². The van der Waals surface area contributed by atoms with Crippen molar-refractivity contribution < 1.29 is 14.6 Å². The maximum Gasteiger partial charge on any atom is 0.307 e. The second-order valence-electron chi connectivity index (χ2n) is 4.18. The third-order valence-corrected chi connectivity index (χ3v) is 2.81. The first-order valence-electron chi connectivity index (χ1n) is 6.00. The van der Waals surface area contributed by atoms with Crippen LogP contribution in [-0.2, 0) is 16.0 Å². The van der Waals surface area contributed by atoms with Crippen LogP contribution in [0.25, 0.3) is 0 Å². The first-order valence-corrected chi connectivity index (χ1v) is 6.00. The van der Waals surface area contributed by atoms with E-state index < -0.39 is 5.97 Å². The first kappa shape index (κ1) is 13.7. The lowest BCUT2D eigenvalue weighted by Crippen LogP contribution is -2.03. The van der Waals surface area contributed by atoms with Gasteiger partial charge in [-0.1, -0.05) is 44.0 Å². The van der Waals surface area contributed by atoms with Crippen LogP contribution in [-0.4, -0.2) is 18.2 Å². The van der Waals surface area contributed by atoms with Gasteiger partial charge in [-0.05, 0) is 17.5 Å². The van der Waals surface area contributed by atoms with E-state index in [1.54, 1.807) is 7.11 Å². The van der Waals surface area contributed by atoms with Crippen LogP contribution in [0.5, 0.6) is 0 Å². The summed E-state index contributed by atoms with van der Waals surface area (Å²) in [7, 11) is 1.71. The van der Waals surface area contributed by atoms with Crippen LogP contribution in [0, 0.1) is 0 Å². The van der Waals surface area contributed by atoms with E-state index in [0.717, 1.165) is 30.4 Å². The molecule has 0 radical (unpaired) electrons. The summed E-state index contributed by atoms with van der Waals surface area (Å²) >= 11 is 0. The Balaban J connectivity index is 2.67. The average Bonchev–Trinajstić information content (AvgIpc) is 2.31. The lowest BCUT2D eigenvalue weighted by atomic mass is 10.0. The van der Waals surface area contributed by atoms with E-state index in [4.69, 9.17) is 9.84 Å². The van der Waals surface area contributed by atoms with E-state index in [1.165, 1.54) is 0 Å². The fraction of sp³-hybridized carbons (Fsp3) is 0.500. The van der Waals surface area contributed by atoms with Gasteiger partial charge in [0, 0.05) is 7.11 Å². The summed E-state index contributed by atoms with van der Waals surface area (Å²) in [6, 6.07) is 7.65. The first-order chi connectivity index (χ1) is 8.17. The van der Waals surface area contributed by atoms with Crippen LogP contribution in [0.15, 0.2) is 24.3 Å². The molecule has 3 heteroatoms. The van der Waals surface area contributed by atoms with Gasteiger partial charge >= 0.3 is 5.97 Å². The lowest BCUT2D eigenvalue weighted by molar-refractivity contribution is -0.136. The molecule has 1 aromatic carbocycles. The van der Waals surface area contributed by atoms with Gasteiger partial charge in [-0.3, -0.25) is 4.79 Å². The molecule has 0 saturated carbocycles. The molecule has 1 aromatic rings. The fourth-order valence-electron chi connectivity index (χ4n) is 1.83. The molecule has 94 valence electrons. The summed E-state index contributed by atoms with van der Waals surface area (Å²) in [6.45, 7) is 2.16. The molecule has 0 heterocycles. The standard InChI is InChI=1S/C14H20O3/c1-3-4-5-13(17-2)12-8-6-11(7-9-12)10-14(15)16/h6-9,13H,3-5,10H2,1-2H3,(H,15,16). The number of hydrogen-bond acceptors (Lipinski definition) is 2. The Kier molecular flexibility index (Phi) is 5.70. The van der Waals surface area contributed by atoms with E-state index in [-0.39, 0.29) is 12.5 Å². The third kappa shape index (κ3) is 4.57. The predicted molar refractivity (Wildman–Crippen MR) is 67.1 cm³/mol. The molecule has 0 aliphatic rings. The number of ether oxygens (including phenoxy) is 1. The molecule has 17 heavy (non-hydrogen) atoms. The Morgan fingerprint density at radius 3 is 2.47 bits per heavy atom. The Labute approximate surface area is 102 Å². The minimum Gasteiger partial charge on any atom is -0.481 e. The summed E-state index contributed by atoms with van der Waals surface area (Å²) in [4.78, 5) is 10.6. The van der Waals surface area contributed by atoms with E-state index in [9.17, 15) is 4.79 Å². The maximum atomic E-state index is 10.6. The van der Waals surface area contributed by atoms with Crippen molar-refractivity contribution in [1.82, 2.24) is 0 Å².